The van der Waals surface area contributed by atoms with Crippen molar-refractivity contribution in [3.8, 4) is 0 Å². The molecule has 0 radical (unpaired) electrons. The van der Waals surface area contributed by atoms with Crippen LogP contribution in [0, 0.1) is 0 Å². The quantitative estimate of drug-likeness (QED) is 0.434. The second kappa shape index (κ2) is 10.9. The van der Waals surface area contributed by atoms with E-state index in [2.05, 4.69) is 17.1 Å². The zero-order chi connectivity index (χ0) is 15.4. The minimum absolute atomic E-state index is 0.910. The highest BCUT2D eigenvalue weighted by Gasteiger charge is 2.36. The molecule has 5 heteroatoms. The average molecular weight is 311 g/mol. The third-order valence-electron chi connectivity index (χ3n) is 3.88. The van der Waals surface area contributed by atoms with Gasteiger partial charge in [0.1, 0.15) is 0 Å². The summed E-state index contributed by atoms with van der Waals surface area (Å²) in [5.74, 6) is 0. The molecule has 0 saturated carbocycles. The lowest BCUT2D eigenvalue weighted by atomic mass is 10.1. The Hall–Kier alpha value is -0.753. The summed E-state index contributed by atoms with van der Waals surface area (Å²) in [6.45, 7) is 0. The normalized spacial score (nSPS) is 11.8. The number of pyridine rings is 1. The van der Waals surface area contributed by atoms with Crippen molar-refractivity contribution in [2.45, 2.75) is 51.0 Å². The predicted octanol–water partition coefficient (Wildman–Crippen LogP) is 3.84. The molecular weight excluding hydrogens is 282 g/mol. The van der Waals surface area contributed by atoms with Crippen LogP contribution >= 0.6 is 0 Å². The van der Waals surface area contributed by atoms with E-state index in [9.17, 15) is 0 Å². The molecule has 0 N–H and O–H groups in total. The molecule has 1 heterocycles. The van der Waals surface area contributed by atoms with E-state index in [0.717, 1.165) is 18.9 Å². The molecule has 21 heavy (non-hydrogen) atoms. The monoisotopic (exact) mass is 311 g/mol. The molecule has 4 nitrogen and oxygen atoms in total. The summed E-state index contributed by atoms with van der Waals surface area (Å²) < 4.78 is 16.3. The minimum Gasteiger partial charge on any atom is -0.377 e. The topological polar surface area (TPSA) is 40.6 Å². The number of hydrogen-bond acceptors (Lipinski definition) is 4. The molecular formula is C16H29NO3Si. The Morgan fingerprint density at radius 3 is 1.90 bits per heavy atom. The van der Waals surface area contributed by atoms with E-state index in [1.165, 1.54) is 37.7 Å². The molecule has 0 amide bonds. The van der Waals surface area contributed by atoms with Crippen LogP contribution in [0.3, 0.4) is 0 Å². The number of aromatic nitrogens is 1. The van der Waals surface area contributed by atoms with Gasteiger partial charge in [0.25, 0.3) is 0 Å². The first-order valence-electron chi connectivity index (χ1n) is 7.80. The molecule has 0 unspecified atom stereocenters. The predicted molar refractivity (Wildman–Crippen MR) is 87.2 cm³/mol. The summed E-state index contributed by atoms with van der Waals surface area (Å²) in [4.78, 5) is 4.04. The standard InChI is InChI=1S/C16H29NO3Si/c1-18-21(19-2,20-3)15-9-7-5-4-6-8-10-16-11-13-17-14-12-16/h11-14H,4-10,15H2,1-3H3. The maximum Gasteiger partial charge on any atom is 0.500 e. The van der Waals surface area contributed by atoms with Gasteiger partial charge < -0.3 is 13.3 Å². The first-order valence-corrected chi connectivity index (χ1v) is 9.74. The molecule has 0 fully saturated rings. The summed E-state index contributed by atoms with van der Waals surface area (Å²) in [7, 11) is 2.69. The van der Waals surface area contributed by atoms with Gasteiger partial charge in [-0.15, -0.1) is 0 Å². The Balaban J connectivity index is 2.00. The molecule has 120 valence electrons. The maximum atomic E-state index is 5.42. The highest BCUT2D eigenvalue weighted by Crippen LogP contribution is 2.18. The Labute approximate surface area is 130 Å². The molecule has 0 aliphatic carbocycles. The van der Waals surface area contributed by atoms with Crippen LogP contribution in [0.15, 0.2) is 24.5 Å². The molecule has 0 aromatic carbocycles. The van der Waals surface area contributed by atoms with Crippen LogP contribution in [0.4, 0.5) is 0 Å². The van der Waals surface area contributed by atoms with Gasteiger partial charge >= 0.3 is 8.80 Å². The van der Waals surface area contributed by atoms with Gasteiger partial charge in [-0.1, -0.05) is 25.7 Å². The zero-order valence-corrected chi connectivity index (χ0v) is 14.6. The molecule has 0 bridgehead atoms. The van der Waals surface area contributed by atoms with E-state index in [1.807, 2.05) is 12.4 Å². The van der Waals surface area contributed by atoms with Crippen molar-refractivity contribution in [3.05, 3.63) is 30.1 Å². The lowest BCUT2D eigenvalue weighted by molar-refractivity contribution is 0.122. The van der Waals surface area contributed by atoms with Crippen molar-refractivity contribution < 1.29 is 13.3 Å². The maximum absolute atomic E-state index is 5.42. The van der Waals surface area contributed by atoms with Crippen molar-refractivity contribution in [3.63, 3.8) is 0 Å². The van der Waals surface area contributed by atoms with Crippen LogP contribution in [-0.2, 0) is 19.7 Å². The third-order valence-corrected chi connectivity index (χ3v) is 6.71. The number of aryl methyl sites for hydroxylation is 1. The van der Waals surface area contributed by atoms with E-state index in [-0.39, 0.29) is 0 Å². The van der Waals surface area contributed by atoms with Gasteiger partial charge in [0.2, 0.25) is 0 Å². The summed E-state index contributed by atoms with van der Waals surface area (Å²) >= 11 is 0. The fourth-order valence-electron chi connectivity index (χ4n) is 2.48. The second-order valence-corrected chi connectivity index (χ2v) is 8.36. The van der Waals surface area contributed by atoms with E-state index in [0.29, 0.717) is 0 Å². The summed E-state index contributed by atoms with van der Waals surface area (Å²) in [5.41, 5.74) is 1.39. The van der Waals surface area contributed by atoms with Crippen LogP contribution in [0.25, 0.3) is 0 Å². The lowest BCUT2D eigenvalue weighted by Gasteiger charge is -2.24. The van der Waals surface area contributed by atoms with Crippen molar-refractivity contribution in [2.24, 2.45) is 0 Å². The van der Waals surface area contributed by atoms with Crippen LogP contribution in [0.2, 0.25) is 6.04 Å². The minimum atomic E-state index is -2.34. The van der Waals surface area contributed by atoms with Crippen molar-refractivity contribution in [1.29, 1.82) is 0 Å². The van der Waals surface area contributed by atoms with E-state index < -0.39 is 8.80 Å². The molecule has 1 rings (SSSR count). The van der Waals surface area contributed by atoms with Gasteiger partial charge in [-0.25, -0.2) is 0 Å². The van der Waals surface area contributed by atoms with Crippen molar-refractivity contribution in [1.82, 2.24) is 4.98 Å². The van der Waals surface area contributed by atoms with Gasteiger partial charge in [0.15, 0.2) is 0 Å². The molecule has 0 aliphatic rings. The van der Waals surface area contributed by atoms with Crippen LogP contribution < -0.4 is 0 Å². The van der Waals surface area contributed by atoms with E-state index >= 15 is 0 Å². The Morgan fingerprint density at radius 1 is 0.810 bits per heavy atom. The molecule has 1 aromatic heterocycles. The Kier molecular flexibility index (Phi) is 9.50. The highest BCUT2D eigenvalue weighted by atomic mass is 28.4. The van der Waals surface area contributed by atoms with E-state index in [1.54, 1.807) is 21.3 Å². The van der Waals surface area contributed by atoms with Gasteiger partial charge in [-0.05, 0) is 37.0 Å². The molecule has 0 aliphatic heterocycles. The van der Waals surface area contributed by atoms with Crippen LogP contribution in [-0.4, -0.2) is 35.1 Å². The van der Waals surface area contributed by atoms with Gasteiger partial charge in [0, 0.05) is 39.8 Å². The Bertz CT molecular complexity index is 350. The molecule has 0 saturated heterocycles. The summed E-state index contributed by atoms with van der Waals surface area (Å²) in [6, 6.07) is 5.11. The first-order chi connectivity index (χ1) is 10.3. The number of hydrogen-bond donors (Lipinski definition) is 0. The highest BCUT2D eigenvalue weighted by molar-refractivity contribution is 6.60. The third kappa shape index (κ3) is 7.18. The first kappa shape index (κ1) is 18.3. The Morgan fingerprint density at radius 2 is 1.33 bits per heavy atom. The number of unbranched alkanes of at least 4 members (excludes halogenated alkanes) is 5. The SMILES string of the molecule is CO[Si](CCCCCCCCc1ccncc1)(OC)OC. The number of rotatable bonds is 12. The number of nitrogens with zero attached hydrogens (tertiary/aromatic N) is 1. The molecule has 0 spiro atoms. The zero-order valence-electron chi connectivity index (χ0n) is 13.6. The smallest absolute Gasteiger partial charge is 0.377 e. The largest absolute Gasteiger partial charge is 0.500 e. The van der Waals surface area contributed by atoms with Gasteiger partial charge in [0.05, 0.1) is 0 Å². The average Bonchev–Trinajstić information content (AvgIpc) is 2.55. The molecule has 1 aromatic rings. The lowest BCUT2D eigenvalue weighted by Crippen LogP contribution is -2.42. The second-order valence-electron chi connectivity index (χ2n) is 5.27. The summed E-state index contributed by atoms with van der Waals surface area (Å²) in [5, 5.41) is 0. The van der Waals surface area contributed by atoms with Gasteiger partial charge in [-0.2, -0.15) is 0 Å². The van der Waals surface area contributed by atoms with Gasteiger partial charge in [-0.3, -0.25) is 4.98 Å². The van der Waals surface area contributed by atoms with Crippen LogP contribution in [0.1, 0.15) is 44.1 Å². The van der Waals surface area contributed by atoms with Crippen molar-refractivity contribution in [2.75, 3.05) is 21.3 Å². The fraction of sp³-hybridized carbons (Fsp3) is 0.688. The summed E-state index contributed by atoms with van der Waals surface area (Å²) in [6.07, 6.45) is 12.4. The van der Waals surface area contributed by atoms with E-state index in [4.69, 9.17) is 13.3 Å². The van der Waals surface area contributed by atoms with Crippen LogP contribution in [0.5, 0.6) is 0 Å². The fourth-order valence-corrected chi connectivity index (χ4v) is 4.28. The molecule has 0 atom stereocenters. The van der Waals surface area contributed by atoms with Crippen molar-refractivity contribution >= 4 is 8.80 Å².